The van der Waals surface area contributed by atoms with Crippen LogP contribution in [0.1, 0.15) is 0 Å². The third-order valence-corrected chi connectivity index (χ3v) is 5.69. The number of thioether (sulfide) groups is 1. The van der Waals surface area contributed by atoms with Crippen LogP contribution in [0.15, 0.2) is 58.3 Å². The van der Waals surface area contributed by atoms with Gasteiger partial charge in [0.1, 0.15) is 11.6 Å². The van der Waals surface area contributed by atoms with Gasteiger partial charge in [-0.25, -0.2) is 22.3 Å². The van der Waals surface area contributed by atoms with Gasteiger partial charge in [0.2, 0.25) is 10.0 Å². The second kappa shape index (κ2) is 9.56. The number of hydrogen-bond donors (Lipinski definition) is 1. The van der Waals surface area contributed by atoms with Gasteiger partial charge in [0.25, 0.3) is 0 Å². The van der Waals surface area contributed by atoms with Crippen molar-refractivity contribution >= 4 is 27.8 Å². The minimum atomic E-state index is -3.65. The molecule has 0 amide bonds. The van der Waals surface area contributed by atoms with Crippen LogP contribution in [0.3, 0.4) is 0 Å². The molecule has 0 fully saturated rings. The minimum absolute atomic E-state index is 0.0241. The third-order valence-electron chi connectivity index (χ3n) is 3.19. The van der Waals surface area contributed by atoms with Crippen molar-refractivity contribution in [3.8, 4) is 5.75 Å². The molecule has 140 valence electrons. The molecule has 0 saturated heterocycles. The Morgan fingerprint density at radius 2 is 1.77 bits per heavy atom. The number of hydrogen-bond acceptors (Lipinski definition) is 6. The van der Waals surface area contributed by atoms with Crippen LogP contribution >= 0.6 is 11.8 Å². The van der Waals surface area contributed by atoms with Gasteiger partial charge in [-0.1, -0.05) is 0 Å². The molecular formula is C17H18FNO5S2. The first kappa shape index (κ1) is 20.2. The molecule has 0 radical (unpaired) electrons. The predicted molar refractivity (Wildman–Crippen MR) is 96.3 cm³/mol. The molecule has 0 bridgehead atoms. The van der Waals surface area contributed by atoms with Crippen molar-refractivity contribution in [2.75, 3.05) is 26.0 Å². The maximum absolute atomic E-state index is 12.9. The Balaban J connectivity index is 1.77. The molecule has 0 spiro atoms. The van der Waals surface area contributed by atoms with E-state index in [0.717, 1.165) is 17.0 Å². The first-order valence-electron chi connectivity index (χ1n) is 7.58. The standard InChI is InChI=1S/C17H18FNO5S2/c1-23-17(20)12-24-14-4-6-15(7-5-14)25-11-10-19-26(21,22)16-8-2-13(18)3-9-16/h2-9,19H,10-12H2,1H3. The number of carbonyl (C=O) groups excluding carboxylic acids is 1. The van der Waals surface area contributed by atoms with Crippen LogP contribution in [0.5, 0.6) is 5.75 Å². The van der Waals surface area contributed by atoms with Crippen LogP contribution in [0.2, 0.25) is 0 Å². The molecule has 0 aliphatic rings. The number of nitrogens with one attached hydrogen (secondary N) is 1. The molecule has 2 aromatic rings. The Morgan fingerprint density at radius 1 is 1.12 bits per heavy atom. The summed E-state index contributed by atoms with van der Waals surface area (Å²) in [5.41, 5.74) is 0. The van der Waals surface area contributed by atoms with Crippen LogP contribution < -0.4 is 9.46 Å². The highest BCUT2D eigenvalue weighted by atomic mass is 32.2. The summed E-state index contributed by atoms with van der Waals surface area (Å²) in [6, 6.07) is 11.7. The molecule has 0 atom stereocenters. The molecule has 0 heterocycles. The third kappa shape index (κ3) is 6.32. The van der Waals surface area contributed by atoms with Crippen molar-refractivity contribution in [1.82, 2.24) is 4.72 Å². The fourth-order valence-corrected chi connectivity index (χ4v) is 3.80. The van der Waals surface area contributed by atoms with Gasteiger partial charge in [-0.15, -0.1) is 11.8 Å². The fourth-order valence-electron chi connectivity index (χ4n) is 1.88. The topological polar surface area (TPSA) is 81.7 Å². The maximum Gasteiger partial charge on any atom is 0.343 e. The highest BCUT2D eigenvalue weighted by Crippen LogP contribution is 2.21. The summed E-state index contributed by atoms with van der Waals surface area (Å²) < 4.78 is 49.2. The molecule has 2 aromatic carbocycles. The highest BCUT2D eigenvalue weighted by molar-refractivity contribution is 7.99. The lowest BCUT2D eigenvalue weighted by molar-refractivity contribution is -0.142. The minimum Gasteiger partial charge on any atom is -0.482 e. The first-order valence-corrected chi connectivity index (χ1v) is 10.1. The van der Waals surface area contributed by atoms with Gasteiger partial charge in [0.15, 0.2) is 6.61 Å². The molecule has 6 nitrogen and oxygen atoms in total. The van der Waals surface area contributed by atoms with Gasteiger partial charge >= 0.3 is 5.97 Å². The van der Waals surface area contributed by atoms with E-state index in [1.54, 1.807) is 12.1 Å². The number of sulfonamides is 1. The Kier molecular flexibility index (Phi) is 7.43. The molecule has 9 heteroatoms. The van der Waals surface area contributed by atoms with Crippen LogP contribution in [0, 0.1) is 5.82 Å². The van der Waals surface area contributed by atoms with Gasteiger partial charge < -0.3 is 9.47 Å². The van der Waals surface area contributed by atoms with E-state index in [0.29, 0.717) is 11.5 Å². The molecule has 26 heavy (non-hydrogen) atoms. The van der Waals surface area contributed by atoms with Gasteiger partial charge in [-0.05, 0) is 48.5 Å². The Hall–Kier alpha value is -2.10. The van der Waals surface area contributed by atoms with E-state index in [9.17, 15) is 17.6 Å². The van der Waals surface area contributed by atoms with Crippen molar-refractivity contribution in [3.63, 3.8) is 0 Å². The predicted octanol–water partition coefficient (Wildman–Crippen LogP) is 2.45. The van der Waals surface area contributed by atoms with Crippen molar-refractivity contribution in [2.45, 2.75) is 9.79 Å². The van der Waals surface area contributed by atoms with Gasteiger partial charge in [0, 0.05) is 17.2 Å². The first-order chi connectivity index (χ1) is 12.4. The van der Waals surface area contributed by atoms with E-state index >= 15 is 0 Å². The van der Waals surface area contributed by atoms with Gasteiger partial charge in [-0.3, -0.25) is 0 Å². The summed E-state index contributed by atoms with van der Waals surface area (Å²) in [5, 5.41) is 0. The monoisotopic (exact) mass is 399 g/mol. The normalized spacial score (nSPS) is 11.2. The van der Waals surface area contributed by atoms with Crippen molar-refractivity contribution in [3.05, 3.63) is 54.3 Å². The summed E-state index contributed by atoms with van der Waals surface area (Å²) in [4.78, 5) is 12.0. The number of halogens is 1. The molecule has 0 aliphatic heterocycles. The molecule has 0 unspecified atom stereocenters. The lowest BCUT2D eigenvalue weighted by Crippen LogP contribution is -2.26. The molecule has 2 rings (SSSR count). The highest BCUT2D eigenvalue weighted by Gasteiger charge is 2.13. The number of ether oxygens (including phenoxy) is 2. The van der Waals surface area contributed by atoms with Crippen molar-refractivity contribution in [1.29, 1.82) is 0 Å². The van der Waals surface area contributed by atoms with E-state index in [1.807, 2.05) is 12.1 Å². The SMILES string of the molecule is COC(=O)COc1ccc(SCCNS(=O)(=O)c2ccc(F)cc2)cc1. The Morgan fingerprint density at radius 3 is 2.38 bits per heavy atom. The van der Waals surface area contributed by atoms with Crippen LogP contribution in [-0.2, 0) is 19.6 Å². The van der Waals surface area contributed by atoms with E-state index in [-0.39, 0.29) is 18.0 Å². The van der Waals surface area contributed by atoms with E-state index in [4.69, 9.17) is 4.74 Å². The fraction of sp³-hybridized carbons (Fsp3) is 0.235. The zero-order valence-corrected chi connectivity index (χ0v) is 15.6. The number of carbonyl (C=O) groups is 1. The molecule has 0 aliphatic carbocycles. The lowest BCUT2D eigenvalue weighted by atomic mass is 10.3. The molecule has 0 saturated carbocycles. The average Bonchev–Trinajstić information content (AvgIpc) is 2.64. The van der Waals surface area contributed by atoms with E-state index < -0.39 is 21.8 Å². The summed E-state index contributed by atoms with van der Waals surface area (Å²) >= 11 is 1.46. The largest absolute Gasteiger partial charge is 0.482 e. The quantitative estimate of drug-likeness (QED) is 0.396. The second-order valence-electron chi connectivity index (χ2n) is 5.04. The summed E-state index contributed by atoms with van der Waals surface area (Å²) in [5.74, 6) is 0.107. The van der Waals surface area contributed by atoms with Crippen LogP contribution in [-0.4, -0.2) is 40.4 Å². The number of rotatable bonds is 9. The summed E-state index contributed by atoms with van der Waals surface area (Å²) in [6.45, 7) is 0.0686. The van der Waals surface area contributed by atoms with Crippen molar-refractivity contribution < 1.29 is 27.1 Å². The maximum atomic E-state index is 12.9. The second-order valence-corrected chi connectivity index (χ2v) is 7.97. The summed E-state index contributed by atoms with van der Waals surface area (Å²) in [7, 11) is -2.36. The number of methoxy groups -OCH3 is 1. The van der Waals surface area contributed by atoms with E-state index in [2.05, 4.69) is 9.46 Å². The molecule has 1 N–H and O–H groups in total. The number of esters is 1. The smallest absolute Gasteiger partial charge is 0.343 e. The zero-order valence-electron chi connectivity index (χ0n) is 14.0. The van der Waals surface area contributed by atoms with Gasteiger partial charge in [0.05, 0.1) is 12.0 Å². The van der Waals surface area contributed by atoms with Crippen LogP contribution in [0.4, 0.5) is 4.39 Å². The molecule has 0 aromatic heterocycles. The summed E-state index contributed by atoms with van der Waals surface area (Å²) in [6.07, 6.45) is 0. The van der Waals surface area contributed by atoms with E-state index in [1.165, 1.54) is 31.0 Å². The van der Waals surface area contributed by atoms with Crippen molar-refractivity contribution in [2.24, 2.45) is 0 Å². The van der Waals surface area contributed by atoms with Gasteiger partial charge in [-0.2, -0.15) is 0 Å². The molecular weight excluding hydrogens is 381 g/mol. The lowest BCUT2D eigenvalue weighted by Gasteiger charge is -2.08. The zero-order chi connectivity index (χ0) is 19.0. The Labute approximate surface area is 155 Å². The van der Waals surface area contributed by atoms with Crippen LogP contribution in [0.25, 0.3) is 0 Å². The number of benzene rings is 2. The Bertz CT molecular complexity index is 823. The average molecular weight is 399 g/mol.